The van der Waals surface area contributed by atoms with Gasteiger partial charge >= 0.3 is 12.1 Å². The predicted molar refractivity (Wildman–Crippen MR) is 492 cm³/mol. The van der Waals surface area contributed by atoms with Gasteiger partial charge < -0.3 is 23.0 Å². The number of fused-ring (bicyclic) bond motifs is 4. The summed E-state index contributed by atoms with van der Waals surface area (Å²) >= 11 is 6.08. The van der Waals surface area contributed by atoms with Gasteiger partial charge in [-0.25, -0.2) is 19.3 Å². The number of esters is 1. The van der Waals surface area contributed by atoms with Crippen LogP contribution in [0.25, 0.3) is 91.6 Å². The van der Waals surface area contributed by atoms with Crippen molar-refractivity contribution in [1.82, 2.24) is 47.8 Å². The molecule has 0 unspecified atom stereocenters. The van der Waals surface area contributed by atoms with Crippen LogP contribution in [0.4, 0.5) is 30.2 Å². The Kier molecular flexibility index (Phi) is 30.8. The van der Waals surface area contributed by atoms with Gasteiger partial charge in [-0.2, -0.15) is 13.2 Å². The average molecular weight is 1730 g/mol. The first-order chi connectivity index (χ1) is 61.4. The van der Waals surface area contributed by atoms with Gasteiger partial charge in [0.2, 0.25) is 0 Å². The lowest BCUT2D eigenvalue weighted by Gasteiger charge is -2.25. The molecule has 0 atom stereocenters. The molecule has 10 heterocycles. The van der Waals surface area contributed by atoms with Crippen LogP contribution in [-0.4, -0.2) is 175 Å². The lowest BCUT2D eigenvalue weighted by Crippen LogP contribution is -2.34. The minimum absolute atomic E-state index is 0.0714. The number of aryl methyl sites for hydroxylation is 2. The molecule has 0 radical (unpaired) electrons. The molecule has 6 aromatic heterocycles. The summed E-state index contributed by atoms with van der Waals surface area (Å²) in [5, 5.41) is 6.01. The number of methoxy groups -OCH3 is 1. The standard InChI is InChI=1S/C29H33N7O2.C24H25ClN2O3.C24H25N3O.C23H21F3N4O/c1-21-28(27(38)20-35-16-6-3-7-17-35)29-26(36(21)24-12-10-23(31-2)11-13-24)18-22(19-32-29)9-14-25(37)8-4-5-15-33-34-30;1-16-23(22(28)15-26-12-4-3-5-13-26)20-11-6-17(24(29)30-2)14-21(20)27(16)19-9-7-18(25)8-10-19;1-17-7-12-21-22(15-17)27(20-10-8-19(25-3)9-11-20)18(2)24(21)23(28)16-26-13-5-4-6-14-26;1-15-21(20(31)14-29-10-4-3-5-11-29)22-19(12-16(13-28-22)23(24,25)26)30(15)18-8-6-17(27-2)7-9-18/h10-13,18-19H,3-9,14-17,20H2,1H3;6-11,14H,3-5,12-13,15H2,1-2H3;7-12,15H,4-6,13-14,16H2,1-2H3;6-9,12-13H,3-5,10-11,14H2,1H3. The zero-order chi connectivity index (χ0) is 90.0. The number of nitrogens with zero attached hydrogens (tertiary/aromatic N) is 16. The zero-order valence-electron chi connectivity index (χ0n) is 72.7. The number of carbonyl (C=O) groups is 6. The molecule has 127 heavy (non-hydrogen) atoms. The molecule has 0 bridgehead atoms. The van der Waals surface area contributed by atoms with Crippen LogP contribution in [-0.2, 0) is 22.1 Å². The number of hydrogen-bond donors (Lipinski definition) is 0. The van der Waals surface area contributed by atoms with E-state index in [0.29, 0.717) is 120 Å². The van der Waals surface area contributed by atoms with Crippen molar-refractivity contribution >= 4 is 107 Å². The maximum absolute atomic E-state index is 13.6. The number of pyridine rings is 2. The van der Waals surface area contributed by atoms with Gasteiger partial charge in [-0.1, -0.05) is 97.0 Å². The van der Waals surface area contributed by atoms with Crippen molar-refractivity contribution in [3.8, 4) is 22.7 Å². The third kappa shape index (κ3) is 21.9. The number of ether oxygens (including phenoxy) is 1. The molecule has 4 fully saturated rings. The van der Waals surface area contributed by atoms with Gasteiger partial charge in [0.25, 0.3) is 0 Å². The van der Waals surface area contributed by atoms with E-state index >= 15 is 0 Å². The number of hydrogen-bond acceptors (Lipinski definition) is 14. The van der Waals surface area contributed by atoms with Gasteiger partial charge in [-0.15, -0.1) is 0 Å². The monoisotopic (exact) mass is 1730 g/mol. The highest BCUT2D eigenvalue weighted by Crippen LogP contribution is 2.39. The second-order valence-corrected chi connectivity index (χ2v) is 33.5. The van der Waals surface area contributed by atoms with Crippen molar-refractivity contribution in [3.63, 3.8) is 0 Å². The van der Waals surface area contributed by atoms with Crippen LogP contribution in [0.5, 0.6) is 0 Å². The molecular weight excluding hydrogens is 1630 g/mol. The minimum atomic E-state index is -4.55. The molecule has 6 aromatic carbocycles. The van der Waals surface area contributed by atoms with E-state index in [1.165, 1.54) is 44.8 Å². The molecular formula is C100H104ClF3N16O7. The molecule has 12 aromatic rings. The summed E-state index contributed by atoms with van der Waals surface area (Å²) in [6, 6.07) is 43.7. The molecule has 0 N–H and O–H groups in total. The zero-order valence-corrected chi connectivity index (χ0v) is 73.5. The normalized spacial score (nSPS) is 14.6. The summed E-state index contributed by atoms with van der Waals surface area (Å²) < 4.78 is 52.8. The Hall–Kier alpha value is -12.7. The number of azide groups is 1. The lowest BCUT2D eigenvalue weighted by atomic mass is 10.0. The topological polar surface area (TPSA) is 232 Å². The van der Waals surface area contributed by atoms with Crippen molar-refractivity contribution in [1.29, 1.82) is 0 Å². The van der Waals surface area contributed by atoms with Crippen molar-refractivity contribution in [2.24, 2.45) is 5.11 Å². The van der Waals surface area contributed by atoms with Crippen LogP contribution >= 0.6 is 11.6 Å². The molecule has 0 amide bonds. The van der Waals surface area contributed by atoms with Gasteiger partial charge in [0.05, 0.1) is 108 Å². The molecule has 16 rings (SSSR count). The second-order valence-electron chi connectivity index (χ2n) is 33.1. The van der Waals surface area contributed by atoms with Crippen LogP contribution < -0.4 is 0 Å². The third-order valence-corrected chi connectivity index (χ3v) is 24.6. The Morgan fingerprint density at radius 3 is 1.22 bits per heavy atom. The lowest BCUT2D eigenvalue weighted by molar-refractivity contribution is -0.137. The maximum Gasteiger partial charge on any atom is 0.417 e. The number of rotatable bonds is 25. The van der Waals surface area contributed by atoms with E-state index in [2.05, 4.69) is 78.8 Å². The first-order valence-electron chi connectivity index (χ1n) is 43.6. The van der Waals surface area contributed by atoms with E-state index in [1.54, 1.807) is 66.2 Å². The van der Waals surface area contributed by atoms with Crippen molar-refractivity contribution in [2.45, 2.75) is 150 Å². The summed E-state index contributed by atoms with van der Waals surface area (Å²) in [7, 11) is 1.36. The van der Waals surface area contributed by atoms with E-state index in [4.69, 9.17) is 46.6 Å². The van der Waals surface area contributed by atoms with Crippen molar-refractivity contribution in [3.05, 3.63) is 275 Å². The van der Waals surface area contributed by atoms with E-state index in [-0.39, 0.29) is 46.5 Å². The van der Waals surface area contributed by atoms with Gasteiger partial charge in [-0.05, 0) is 265 Å². The van der Waals surface area contributed by atoms with E-state index in [9.17, 15) is 41.9 Å². The Bertz CT molecular complexity index is 6230. The minimum Gasteiger partial charge on any atom is -0.465 e. The maximum atomic E-state index is 13.6. The molecule has 27 heteroatoms. The number of unbranched alkanes of at least 4 members (excludes halogenated alkanes) is 1. The fourth-order valence-electron chi connectivity index (χ4n) is 18.0. The Balaban J connectivity index is 0.000000146. The highest BCUT2D eigenvalue weighted by atomic mass is 35.5. The SMILES string of the molecule is COC(=O)c1ccc2c(C(=O)CN3CCCCC3)c(C)n(-c3ccc(Cl)cc3)c2c1.[C-]#[N+]c1ccc(-n2c(C)c(C(=O)CN3CCCCC3)c3ccc(C)cc32)cc1.[C-]#[N+]c1ccc(-n2c(C)c(C(=O)CN3CCCCC3)c3ncc(C(F)(F)F)cc32)cc1.[C-]#[N+]c1ccc(-n2c(C)c(C(=O)CN3CCCCC3)c3ncc(CCC(=O)CCCCN=[N+]=[N-])cc32)cc1. The first-order valence-corrected chi connectivity index (χ1v) is 43.9. The fourth-order valence-corrected chi connectivity index (χ4v) is 18.1. The Morgan fingerprint density at radius 1 is 0.449 bits per heavy atom. The quantitative estimate of drug-likeness (QED) is 0.00986. The predicted octanol–water partition coefficient (Wildman–Crippen LogP) is 22.6. The molecule has 0 saturated carbocycles. The van der Waals surface area contributed by atoms with E-state index in [0.717, 1.165) is 182 Å². The van der Waals surface area contributed by atoms with Crippen LogP contribution in [0.1, 0.15) is 194 Å². The number of benzene rings is 6. The molecule has 654 valence electrons. The highest BCUT2D eigenvalue weighted by molar-refractivity contribution is 6.30. The molecule has 4 aliphatic rings. The number of aromatic nitrogens is 6. The molecule has 23 nitrogen and oxygen atoms in total. The van der Waals surface area contributed by atoms with Crippen molar-refractivity contribution < 1.29 is 46.7 Å². The average Bonchev–Trinajstić information content (AvgIpc) is 1.55. The van der Waals surface area contributed by atoms with Gasteiger partial charge in [0.1, 0.15) is 5.78 Å². The van der Waals surface area contributed by atoms with Crippen molar-refractivity contribution in [2.75, 3.05) is 92.2 Å². The number of ketones is 5. The Morgan fingerprint density at radius 2 is 0.819 bits per heavy atom. The van der Waals surface area contributed by atoms with Crippen LogP contribution in [0.3, 0.4) is 0 Å². The number of likely N-dealkylation sites (tertiary alicyclic amines) is 4. The summed E-state index contributed by atoms with van der Waals surface area (Å²) in [5.74, 6) is 0.00215. The van der Waals surface area contributed by atoms with Gasteiger partial charge in [-0.3, -0.25) is 53.5 Å². The summed E-state index contributed by atoms with van der Waals surface area (Å²) in [6.07, 6.45) is 14.7. The number of alkyl halides is 3. The molecule has 4 aliphatic heterocycles. The Labute approximate surface area is 742 Å². The first kappa shape index (κ1) is 92.0. The number of Topliss-reactive ketones (excluding diaryl/α,β-unsaturated/α-hetero) is 5. The number of piperidine rings is 4. The largest absolute Gasteiger partial charge is 0.465 e. The molecule has 0 aliphatic carbocycles. The highest BCUT2D eigenvalue weighted by Gasteiger charge is 2.35. The second kappa shape index (κ2) is 42.5. The fraction of sp³-hybridized carbons (Fsp3) is 0.370. The number of halogens is 4. The van der Waals surface area contributed by atoms with Gasteiger partial charge in [0.15, 0.2) is 40.2 Å². The van der Waals surface area contributed by atoms with E-state index < -0.39 is 17.7 Å². The van der Waals surface area contributed by atoms with Crippen LogP contribution in [0.2, 0.25) is 5.02 Å². The smallest absolute Gasteiger partial charge is 0.417 e. The van der Waals surface area contributed by atoms with Gasteiger partial charge in [0, 0.05) is 109 Å². The van der Waals surface area contributed by atoms with E-state index in [1.807, 2.05) is 103 Å². The van der Waals surface area contributed by atoms with Crippen LogP contribution in [0.15, 0.2) is 163 Å². The number of carbonyl (C=O) groups excluding carboxylic acids is 6. The van der Waals surface area contributed by atoms with Crippen LogP contribution in [0, 0.1) is 54.3 Å². The summed E-state index contributed by atoms with van der Waals surface area (Å²) in [6.45, 7) is 40.7. The molecule has 0 spiro atoms. The summed E-state index contributed by atoms with van der Waals surface area (Å²) in [5.41, 5.74) is 24.5. The molecule has 4 saturated heterocycles. The summed E-state index contributed by atoms with van der Waals surface area (Å²) in [4.78, 5) is 109. The third-order valence-electron chi connectivity index (χ3n) is 24.4.